The number of aromatic nitrogens is 4. The van der Waals surface area contributed by atoms with Gasteiger partial charge in [0, 0.05) is 11.9 Å². The molecule has 9 nitrogen and oxygen atoms in total. The van der Waals surface area contributed by atoms with Crippen LogP contribution in [0, 0.1) is 6.92 Å². The lowest BCUT2D eigenvalue weighted by Crippen LogP contribution is -2.24. The zero-order valence-corrected chi connectivity index (χ0v) is 19.3. The van der Waals surface area contributed by atoms with Gasteiger partial charge in [-0.15, -0.1) is 5.10 Å². The van der Waals surface area contributed by atoms with Gasteiger partial charge in [-0.25, -0.2) is 9.67 Å². The van der Waals surface area contributed by atoms with Crippen LogP contribution in [0.5, 0.6) is 11.5 Å². The Hall–Kier alpha value is -4.40. The Kier molecular flexibility index (Phi) is 7.02. The molecule has 174 valence electrons. The number of amides is 1. The predicted octanol–water partition coefficient (Wildman–Crippen LogP) is 3.72. The van der Waals surface area contributed by atoms with Crippen LogP contribution in [0.25, 0.3) is 0 Å². The van der Waals surface area contributed by atoms with E-state index >= 15 is 0 Å². The Morgan fingerprint density at radius 1 is 1.03 bits per heavy atom. The molecule has 0 aliphatic carbocycles. The van der Waals surface area contributed by atoms with Crippen molar-refractivity contribution in [3.8, 4) is 11.5 Å². The summed E-state index contributed by atoms with van der Waals surface area (Å²) in [5.74, 6) is 1.75. The average Bonchev–Trinajstić information content (AvgIpc) is 3.30. The summed E-state index contributed by atoms with van der Waals surface area (Å²) in [6.45, 7) is 2.81. The van der Waals surface area contributed by atoms with Crippen molar-refractivity contribution >= 4 is 17.4 Å². The van der Waals surface area contributed by atoms with Gasteiger partial charge in [0.2, 0.25) is 0 Å². The zero-order chi connectivity index (χ0) is 23.9. The molecule has 4 aromatic rings. The third-order valence-electron chi connectivity index (χ3n) is 5.11. The first-order valence-corrected chi connectivity index (χ1v) is 10.7. The van der Waals surface area contributed by atoms with Gasteiger partial charge in [-0.1, -0.05) is 11.3 Å². The molecule has 0 aliphatic rings. The Balaban J connectivity index is 1.39. The van der Waals surface area contributed by atoms with Gasteiger partial charge in [0.05, 0.1) is 39.1 Å². The summed E-state index contributed by atoms with van der Waals surface area (Å²) in [4.78, 5) is 17.2. The van der Waals surface area contributed by atoms with E-state index in [1.807, 2.05) is 49.5 Å². The highest BCUT2D eigenvalue weighted by Gasteiger charge is 2.13. The van der Waals surface area contributed by atoms with E-state index in [0.29, 0.717) is 23.6 Å². The Morgan fingerprint density at radius 3 is 2.59 bits per heavy atom. The van der Waals surface area contributed by atoms with E-state index in [1.54, 1.807) is 37.2 Å². The summed E-state index contributed by atoms with van der Waals surface area (Å²) < 4.78 is 12.2. The highest BCUT2D eigenvalue weighted by molar-refractivity contribution is 5.99. The summed E-state index contributed by atoms with van der Waals surface area (Å²) in [6.07, 6.45) is 3.45. The third kappa shape index (κ3) is 5.69. The largest absolute Gasteiger partial charge is 0.497 e. The molecule has 0 fully saturated rings. The number of benzene rings is 2. The molecule has 2 aromatic heterocycles. The van der Waals surface area contributed by atoms with Gasteiger partial charge >= 0.3 is 0 Å². The number of carbonyl (C=O) groups excluding carboxylic acids is 1. The van der Waals surface area contributed by atoms with E-state index in [1.165, 1.54) is 0 Å². The van der Waals surface area contributed by atoms with Crippen LogP contribution in [-0.2, 0) is 13.1 Å². The lowest BCUT2D eigenvalue weighted by Gasteiger charge is -2.11. The lowest BCUT2D eigenvalue weighted by molar-refractivity contribution is 0.0951. The van der Waals surface area contributed by atoms with Crippen molar-refractivity contribution in [2.75, 3.05) is 19.5 Å². The van der Waals surface area contributed by atoms with Crippen LogP contribution in [0.3, 0.4) is 0 Å². The maximum absolute atomic E-state index is 12.9. The number of hydrogen-bond acceptors (Lipinski definition) is 7. The maximum Gasteiger partial charge on any atom is 0.255 e. The van der Waals surface area contributed by atoms with Gasteiger partial charge in [0.1, 0.15) is 23.0 Å². The van der Waals surface area contributed by atoms with Crippen molar-refractivity contribution in [3.05, 3.63) is 89.4 Å². The van der Waals surface area contributed by atoms with Crippen LogP contribution >= 0.6 is 0 Å². The van der Waals surface area contributed by atoms with Gasteiger partial charge in [-0.05, 0) is 66.6 Å². The fourth-order valence-electron chi connectivity index (χ4n) is 3.48. The van der Waals surface area contributed by atoms with E-state index in [-0.39, 0.29) is 12.5 Å². The van der Waals surface area contributed by atoms with Crippen molar-refractivity contribution in [3.63, 3.8) is 0 Å². The smallest absolute Gasteiger partial charge is 0.255 e. The van der Waals surface area contributed by atoms with Crippen LogP contribution in [0.15, 0.2) is 67.0 Å². The standard InChI is InChI=1S/C25H26N6O3/c1-17-11-18(13-22(12-17)34-3)15-31-16-20(29-30-31)14-27-25(32)23-5-4-10-26-24(23)28-19-6-8-21(33-2)9-7-19/h4-13,16H,14-15H2,1-3H3,(H,26,28)(H,27,32). The molecule has 0 saturated carbocycles. The number of hydrogen-bond donors (Lipinski definition) is 2. The van der Waals surface area contributed by atoms with Crippen molar-refractivity contribution < 1.29 is 14.3 Å². The van der Waals surface area contributed by atoms with Crippen LogP contribution in [0.1, 0.15) is 27.2 Å². The van der Waals surface area contributed by atoms with E-state index in [4.69, 9.17) is 9.47 Å². The summed E-state index contributed by atoms with van der Waals surface area (Å²) in [6, 6.07) is 16.8. The molecule has 2 heterocycles. The fraction of sp³-hybridized carbons (Fsp3) is 0.200. The monoisotopic (exact) mass is 458 g/mol. The summed E-state index contributed by atoms with van der Waals surface area (Å²) >= 11 is 0. The lowest BCUT2D eigenvalue weighted by atomic mass is 10.1. The van der Waals surface area contributed by atoms with Crippen LogP contribution < -0.4 is 20.1 Å². The molecule has 4 rings (SSSR count). The first-order chi connectivity index (χ1) is 16.5. The Morgan fingerprint density at radius 2 is 1.82 bits per heavy atom. The number of carbonyl (C=O) groups is 1. The normalized spacial score (nSPS) is 10.6. The maximum atomic E-state index is 12.9. The molecular formula is C25H26N6O3. The molecule has 0 bridgehead atoms. The van der Waals surface area contributed by atoms with Crippen molar-refractivity contribution in [1.29, 1.82) is 0 Å². The van der Waals surface area contributed by atoms with Gasteiger partial charge in [-0.3, -0.25) is 4.79 Å². The number of methoxy groups -OCH3 is 2. The molecule has 0 radical (unpaired) electrons. The van der Waals surface area contributed by atoms with Gasteiger partial charge < -0.3 is 20.1 Å². The van der Waals surface area contributed by atoms with E-state index < -0.39 is 0 Å². The average molecular weight is 459 g/mol. The van der Waals surface area contributed by atoms with Crippen LogP contribution in [0.4, 0.5) is 11.5 Å². The van der Waals surface area contributed by atoms with E-state index in [9.17, 15) is 4.79 Å². The van der Waals surface area contributed by atoms with Crippen LogP contribution in [-0.4, -0.2) is 40.1 Å². The van der Waals surface area contributed by atoms with Gasteiger partial charge in [0.15, 0.2) is 0 Å². The molecular weight excluding hydrogens is 432 g/mol. The highest BCUT2D eigenvalue weighted by Crippen LogP contribution is 2.21. The second-order valence-corrected chi connectivity index (χ2v) is 7.70. The van der Waals surface area contributed by atoms with Crippen molar-refractivity contribution in [2.24, 2.45) is 0 Å². The first-order valence-electron chi connectivity index (χ1n) is 10.7. The minimum absolute atomic E-state index is 0.243. The molecule has 0 saturated heterocycles. The molecule has 0 spiro atoms. The topological polar surface area (TPSA) is 103 Å². The fourth-order valence-corrected chi connectivity index (χ4v) is 3.48. The quantitative estimate of drug-likeness (QED) is 0.394. The number of pyridine rings is 1. The van der Waals surface area contributed by atoms with Gasteiger partial charge in [0.25, 0.3) is 5.91 Å². The number of anilines is 2. The van der Waals surface area contributed by atoms with Gasteiger partial charge in [-0.2, -0.15) is 0 Å². The van der Waals surface area contributed by atoms with Crippen molar-refractivity contribution in [1.82, 2.24) is 25.3 Å². The second kappa shape index (κ2) is 10.5. The van der Waals surface area contributed by atoms with Crippen molar-refractivity contribution in [2.45, 2.75) is 20.0 Å². The summed E-state index contributed by atoms with van der Waals surface area (Å²) in [5, 5.41) is 14.4. The number of ether oxygens (including phenoxy) is 2. The Bertz CT molecular complexity index is 1270. The SMILES string of the molecule is COc1ccc(Nc2ncccc2C(=O)NCc2cn(Cc3cc(C)cc(OC)c3)nn2)cc1. The molecule has 9 heteroatoms. The Labute approximate surface area is 197 Å². The van der Waals surface area contributed by atoms with Crippen LogP contribution in [0.2, 0.25) is 0 Å². The van der Waals surface area contributed by atoms with E-state index in [2.05, 4.69) is 32.0 Å². The number of rotatable bonds is 9. The first kappa shape index (κ1) is 22.8. The summed E-state index contributed by atoms with van der Waals surface area (Å²) in [7, 11) is 3.26. The minimum atomic E-state index is -0.262. The second-order valence-electron chi connectivity index (χ2n) is 7.70. The molecule has 0 atom stereocenters. The number of nitrogens with zero attached hydrogens (tertiary/aromatic N) is 4. The molecule has 2 N–H and O–H groups in total. The predicted molar refractivity (Wildman–Crippen MR) is 129 cm³/mol. The highest BCUT2D eigenvalue weighted by atomic mass is 16.5. The number of nitrogens with one attached hydrogen (secondary N) is 2. The molecule has 2 aromatic carbocycles. The molecule has 0 aliphatic heterocycles. The zero-order valence-electron chi connectivity index (χ0n) is 19.3. The molecule has 34 heavy (non-hydrogen) atoms. The van der Waals surface area contributed by atoms with E-state index in [0.717, 1.165) is 28.3 Å². The third-order valence-corrected chi connectivity index (χ3v) is 5.11. The molecule has 0 unspecified atom stereocenters. The number of aryl methyl sites for hydroxylation is 1. The summed E-state index contributed by atoms with van der Waals surface area (Å²) in [5.41, 5.74) is 4.04. The minimum Gasteiger partial charge on any atom is -0.497 e. The molecule has 1 amide bonds.